The van der Waals surface area contributed by atoms with Crippen molar-refractivity contribution in [3.63, 3.8) is 0 Å². The highest BCUT2D eigenvalue weighted by molar-refractivity contribution is 6.30. The molecule has 0 bridgehead atoms. The van der Waals surface area contributed by atoms with Gasteiger partial charge in [-0.25, -0.2) is 0 Å². The Kier molecular flexibility index (Phi) is 7.68. The van der Waals surface area contributed by atoms with E-state index in [4.69, 9.17) is 21.4 Å². The van der Waals surface area contributed by atoms with Crippen molar-refractivity contribution in [1.82, 2.24) is 15.1 Å². The number of nitrogens with zero attached hydrogens (tertiary/aromatic N) is 2. The number of carboxylic acids is 1. The molecular weight excluding hydrogens is 358 g/mol. The first-order chi connectivity index (χ1) is 12.4. The lowest BCUT2D eigenvalue weighted by molar-refractivity contribution is -0.138. The first-order valence-corrected chi connectivity index (χ1v) is 9.00. The van der Waals surface area contributed by atoms with Gasteiger partial charge in [0.2, 0.25) is 5.91 Å². The highest BCUT2D eigenvalue weighted by Crippen LogP contribution is 2.22. The zero-order valence-corrected chi connectivity index (χ0v) is 16.0. The minimum Gasteiger partial charge on any atom is -0.496 e. The van der Waals surface area contributed by atoms with Crippen molar-refractivity contribution in [3.8, 4) is 5.75 Å². The molecule has 26 heavy (non-hydrogen) atoms. The van der Waals surface area contributed by atoms with E-state index >= 15 is 0 Å². The van der Waals surface area contributed by atoms with Gasteiger partial charge in [-0.3, -0.25) is 19.4 Å². The van der Waals surface area contributed by atoms with Crippen molar-refractivity contribution < 1.29 is 19.4 Å². The standard InChI is InChI=1S/C18H26ClN3O4/c1-21(12-18(24)25)15-5-7-22(8-6-15)11-17(23)20-10-13-9-14(19)3-4-16(13)26-2/h3-4,9,15H,5-8,10-12H2,1-2H3,(H,20,23)(H,24,25). The Bertz CT molecular complexity index is 633. The van der Waals surface area contributed by atoms with Gasteiger partial charge in [0, 0.05) is 36.3 Å². The summed E-state index contributed by atoms with van der Waals surface area (Å²) in [5.74, 6) is -0.174. The van der Waals surface area contributed by atoms with Crippen LogP contribution in [0.2, 0.25) is 5.02 Å². The van der Waals surface area contributed by atoms with E-state index in [0.29, 0.717) is 23.9 Å². The van der Waals surface area contributed by atoms with Crippen LogP contribution in [0, 0.1) is 0 Å². The number of hydrogen-bond donors (Lipinski definition) is 2. The summed E-state index contributed by atoms with van der Waals surface area (Å²) in [4.78, 5) is 27.0. The van der Waals surface area contributed by atoms with E-state index in [9.17, 15) is 9.59 Å². The van der Waals surface area contributed by atoms with Gasteiger partial charge in [-0.2, -0.15) is 0 Å². The lowest BCUT2D eigenvalue weighted by Gasteiger charge is -2.35. The molecule has 144 valence electrons. The van der Waals surface area contributed by atoms with Crippen LogP contribution in [0.5, 0.6) is 5.75 Å². The van der Waals surface area contributed by atoms with Gasteiger partial charge in [-0.1, -0.05) is 11.6 Å². The highest BCUT2D eigenvalue weighted by Gasteiger charge is 2.24. The number of carboxylic acid groups (broad SMARTS) is 1. The lowest BCUT2D eigenvalue weighted by atomic mass is 10.0. The summed E-state index contributed by atoms with van der Waals surface area (Å²) in [6.45, 7) is 2.30. The number of hydrogen-bond acceptors (Lipinski definition) is 5. The first-order valence-electron chi connectivity index (χ1n) is 8.62. The minimum absolute atomic E-state index is 0.0482. The van der Waals surface area contributed by atoms with Crippen molar-refractivity contribution in [3.05, 3.63) is 28.8 Å². The summed E-state index contributed by atoms with van der Waals surface area (Å²) < 4.78 is 5.28. The number of piperidine rings is 1. The number of amides is 1. The third kappa shape index (κ3) is 6.16. The molecule has 1 fully saturated rings. The number of ether oxygens (including phenoxy) is 1. The summed E-state index contributed by atoms with van der Waals surface area (Å²) >= 11 is 6.00. The largest absolute Gasteiger partial charge is 0.496 e. The molecule has 0 unspecified atom stereocenters. The Morgan fingerprint density at radius 1 is 1.38 bits per heavy atom. The van der Waals surface area contributed by atoms with Crippen LogP contribution in [-0.4, -0.2) is 73.2 Å². The molecule has 1 aromatic carbocycles. The fourth-order valence-electron chi connectivity index (χ4n) is 3.20. The summed E-state index contributed by atoms with van der Waals surface area (Å²) in [6, 6.07) is 5.56. The molecule has 1 amide bonds. The molecule has 0 aromatic heterocycles. The zero-order chi connectivity index (χ0) is 19.1. The second-order valence-electron chi connectivity index (χ2n) is 6.55. The SMILES string of the molecule is COc1ccc(Cl)cc1CNC(=O)CN1CCC(N(C)CC(=O)O)CC1. The predicted molar refractivity (Wildman–Crippen MR) is 99.6 cm³/mol. The molecule has 0 aliphatic carbocycles. The minimum atomic E-state index is -0.814. The molecule has 1 aromatic rings. The van der Waals surface area contributed by atoms with Crippen LogP contribution in [0.3, 0.4) is 0 Å². The number of methoxy groups -OCH3 is 1. The van der Waals surface area contributed by atoms with Crippen LogP contribution in [0.15, 0.2) is 18.2 Å². The lowest BCUT2D eigenvalue weighted by Crippen LogP contribution is -2.47. The maximum absolute atomic E-state index is 12.2. The summed E-state index contributed by atoms with van der Waals surface area (Å²) in [7, 11) is 3.42. The molecule has 0 saturated carbocycles. The van der Waals surface area contributed by atoms with Gasteiger partial charge in [0.15, 0.2) is 0 Å². The van der Waals surface area contributed by atoms with Crippen molar-refractivity contribution in [2.75, 3.05) is 40.3 Å². The molecular formula is C18H26ClN3O4. The quantitative estimate of drug-likeness (QED) is 0.707. The fraction of sp³-hybridized carbons (Fsp3) is 0.556. The summed E-state index contributed by atoms with van der Waals surface area (Å²) in [5.41, 5.74) is 0.836. The van der Waals surface area contributed by atoms with E-state index in [-0.39, 0.29) is 18.5 Å². The molecule has 2 rings (SSSR count). The number of nitrogens with one attached hydrogen (secondary N) is 1. The molecule has 7 nitrogen and oxygen atoms in total. The third-order valence-electron chi connectivity index (χ3n) is 4.65. The maximum Gasteiger partial charge on any atom is 0.317 e. The highest BCUT2D eigenvalue weighted by atomic mass is 35.5. The van der Waals surface area contributed by atoms with Crippen LogP contribution in [-0.2, 0) is 16.1 Å². The van der Waals surface area contributed by atoms with Gasteiger partial charge in [0.1, 0.15) is 5.75 Å². The second-order valence-corrected chi connectivity index (χ2v) is 6.99. The van der Waals surface area contributed by atoms with Crippen LogP contribution in [0.25, 0.3) is 0 Å². The Hall–Kier alpha value is -1.83. The summed E-state index contributed by atoms with van der Waals surface area (Å²) in [6.07, 6.45) is 1.72. The molecule has 0 spiro atoms. The molecule has 1 aliphatic heterocycles. The Morgan fingerprint density at radius 3 is 2.69 bits per heavy atom. The van der Waals surface area contributed by atoms with Gasteiger partial charge in [-0.05, 0) is 38.1 Å². The summed E-state index contributed by atoms with van der Waals surface area (Å²) in [5, 5.41) is 12.4. The van der Waals surface area contributed by atoms with E-state index in [1.807, 2.05) is 11.9 Å². The van der Waals surface area contributed by atoms with Gasteiger partial charge in [0.05, 0.1) is 20.2 Å². The number of aliphatic carboxylic acids is 1. The zero-order valence-electron chi connectivity index (χ0n) is 15.2. The van der Waals surface area contributed by atoms with Crippen LogP contribution >= 0.6 is 11.6 Å². The topological polar surface area (TPSA) is 82.1 Å². The number of rotatable bonds is 8. The number of halogens is 1. The monoisotopic (exact) mass is 383 g/mol. The smallest absolute Gasteiger partial charge is 0.317 e. The van der Waals surface area contributed by atoms with Crippen molar-refractivity contribution in [1.29, 1.82) is 0 Å². The molecule has 1 heterocycles. The third-order valence-corrected chi connectivity index (χ3v) is 4.89. The van der Waals surface area contributed by atoms with Gasteiger partial charge in [0.25, 0.3) is 0 Å². The molecule has 2 N–H and O–H groups in total. The number of likely N-dealkylation sites (tertiary alicyclic amines) is 1. The maximum atomic E-state index is 12.2. The first kappa shape index (κ1) is 20.5. The predicted octanol–water partition coefficient (Wildman–Crippen LogP) is 1.45. The molecule has 0 radical (unpaired) electrons. The number of carbonyl (C=O) groups is 2. The van der Waals surface area contributed by atoms with E-state index < -0.39 is 5.97 Å². The second kappa shape index (κ2) is 9.75. The van der Waals surface area contributed by atoms with Crippen molar-refractivity contribution >= 4 is 23.5 Å². The van der Waals surface area contributed by atoms with E-state index in [1.54, 1.807) is 25.3 Å². The van der Waals surface area contributed by atoms with E-state index in [0.717, 1.165) is 31.5 Å². The molecule has 8 heteroatoms. The Balaban J connectivity index is 1.76. The van der Waals surface area contributed by atoms with Gasteiger partial charge in [-0.15, -0.1) is 0 Å². The van der Waals surface area contributed by atoms with E-state index in [2.05, 4.69) is 10.2 Å². The van der Waals surface area contributed by atoms with Crippen LogP contribution in [0.1, 0.15) is 18.4 Å². The number of likely N-dealkylation sites (N-methyl/N-ethyl adjacent to an activating group) is 1. The van der Waals surface area contributed by atoms with Crippen molar-refractivity contribution in [2.24, 2.45) is 0 Å². The van der Waals surface area contributed by atoms with E-state index in [1.165, 1.54) is 0 Å². The number of benzene rings is 1. The van der Waals surface area contributed by atoms with Gasteiger partial charge >= 0.3 is 5.97 Å². The van der Waals surface area contributed by atoms with Crippen LogP contribution in [0.4, 0.5) is 0 Å². The Morgan fingerprint density at radius 2 is 2.08 bits per heavy atom. The average Bonchev–Trinajstić information content (AvgIpc) is 2.60. The molecule has 1 aliphatic rings. The normalized spacial score (nSPS) is 15.8. The average molecular weight is 384 g/mol. The van der Waals surface area contributed by atoms with Crippen molar-refractivity contribution in [2.45, 2.75) is 25.4 Å². The molecule has 0 atom stereocenters. The Labute approximate surface area is 158 Å². The fourth-order valence-corrected chi connectivity index (χ4v) is 3.39. The molecule has 1 saturated heterocycles. The van der Waals surface area contributed by atoms with Crippen LogP contribution < -0.4 is 10.1 Å². The number of carbonyl (C=O) groups excluding carboxylic acids is 1. The van der Waals surface area contributed by atoms with Gasteiger partial charge < -0.3 is 15.2 Å².